The molecule has 54 heavy (non-hydrogen) atoms. The van der Waals surface area contributed by atoms with E-state index in [-0.39, 0.29) is 55.0 Å². The predicted octanol–water partition coefficient (Wildman–Crippen LogP) is 7.36. The van der Waals surface area contributed by atoms with Gasteiger partial charge >= 0.3 is 24.4 Å². The van der Waals surface area contributed by atoms with E-state index in [4.69, 9.17) is 18.9 Å². The van der Waals surface area contributed by atoms with Crippen LogP contribution in [0.3, 0.4) is 0 Å². The van der Waals surface area contributed by atoms with Crippen molar-refractivity contribution in [3.63, 3.8) is 0 Å². The van der Waals surface area contributed by atoms with Gasteiger partial charge in [0, 0.05) is 31.6 Å². The zero-order valence-corrected chi connectivity index (χ0v) is 30.4. The minimum atomic E-state index is -5.02. The molecule has 2 aliphatic rings. The van der Waals surface area contributed by atoms with Crippen LogP contribution in [-0.2, 0) is 37.8 Å². The largest absolute Gasteiger partial charge is 0.481 e. The van der Waals surface area contributed by atoms with Crippen LogP contribution in [0.5, 0.6) is 5.88 Å². The van der Waals surface area contributed by atoms with E-state index in [1.807, 2.05) is 11.8 Å². The Bertz CT molecular complexity index is 1780. The number of alkyl halides is 6. The van der Waals surface area contributed by atoms with E-state index in [0.717, 1.165) is 0 Å². The summed E-state index contributed by atoms with van der Waals surface area (Å²) in [7, 11) is 1.43. The highest BCUT2D eigenvalue weighted by Crippen LogP contribution is 2.41. The number of rotatable bonds is 10. The maximum Gasteiger partial charge on any atom is 0.416 e. The number of hydrogen-bond acceptors (Lipinski definition) is 11. The number of hydrogen-bond donors (Lipinski definition) is 1. The zero-order valence-electron chi connectivity index (χ0n) is 30.4. The fraction of sp³-hybridized carbons (Fsp3) is 0.528. The lowest BCUT2D eigenvalue weighted by molar-refractivity contribution is -0.155. The van der Waals surface area contributed by atoms with Gasteiger partial charge in [0.1, 0.15) is 12.2 Å². The number of amides is 1. The molecule has 0 aliphatic carbocycles. The van der Waals surface area contributed by atoms with Crippen molar-refractivity contribution < 1.29 is 54.9 Å². The first-order chi connectivity index (χ1) is 25.4. The third-order valence-corrected chi connectivity index (χ3v) is 8.69. The summed E-state index contributed by atoms with van der Waals surface area (Å²) in [6.45, 7) is 8.36. The zero-order chi connectivity index (χ0) is 39.4. The number of esters is 1. The van der Waals surface area contributed by atoms with Crippen molar-refractivity contribution in [1.82, 2.24) is 15.0 Å². The van der Waals surface area contributed by atoms with Crippen LogP contribution < -0.4 is 19.9 Å². The number of morpholine rings is 1. The molecule has 5 rings (SSSR count). The molecule has 1 N–H and O–H groups in total. The molecule has 1 amide bonds. The van der Waals surface area contributed by atoms with Gasteiger partial charge in [0.15, 0.2) is 0 Å². The Morgan fingerprint density at radius 1 is 0.963 bits per heavy atom. The SMILES string of the molecule is CC[C@@H]1C[C@H](Nc2ncc(N3CCOCC3)c(Cc3cc(C(F)(F)F)cc(C(F)(F)F)c3)n2)c2nc(OC)ccc2N1C(=O)OCCC(=O)OC(C)(C)C. The predicted molar refractivity (Wildman–Crippen MR) is 184 cm³/mol. The molecular formula is C36H42F6N6O6. The summed E-state index contributed by atoms with van der Waals surface area (Å²) in [6.07, 6.45) is -9.03. The van der Waals surface area contributed by atoms with Crippen LogP contribution >= 0.6 is 0 Å². The highest BCUT2D eigenvalue weighted by molar-refractivity contribution is 5.90. The molecule has 2 atom stereocenters. The normalized spacial score (nSPS) is 17.8. The van der Waals surface area contributed by atoms with Crippen LogP contribution in [0.1, 0.15) is 81.1 Å². The Morgan fingerprint density at radius 2 is 1.63 bits per heavy atom. The lowest BCUT2D eigenvalue weighted by atomic mass is 9.93. The van der Waals surface area contributed by atoms with E-state index < -0.39 is 53.2 Å². The number of carbonyl (C=O) groups is 2. The number of aromatic nitrogens is 3. The van der Waals surface area contributed by atoms with Crippen molar-refractivity contribution in [2.75, 3.05) is 55.1 Å². The van der Waals surface area contributed by atoms with Crippen molar-refractivity contribution in [2.24, 2.45) is 0 Å². The average Bonchev–Trinajstić information content (AvgIpc) is 3.10. The highest BCUT2D eigenvalue weighted by Gasteiger charge is 2.39. The van der Waals surface area contributed by atoms with Gasteiger partial charge in [0.25, 0.3) is 0 Å². The van der Waals surface area contributed by atoms with E-state index in [9.17, 15) is 35.9 Å². The molecule has 0 unspecified atom stereocenters. The van der Waals surface area contributed by atoms with Crippen molar-refractivity contribution >= 4 is 29.4 Å². The van der Waals surface area contributed by atoms with Gasteiger partial charge in [-0.05, 0) is 63.4 Å². The van der Waals surface area contributed by atoms with Crippen LogP contribution in [0.4, 0.5) is 48.5 Å². The molecule has 2 aliphatic heterocycles. The first-order valence-corrected chi connectivity index (χ1v) is 17.3. The summed E-state index contributed by atoms with van der Waals surface area (Å²) in [6, 6.07) is 3.63. The van der Waals surface area contributed by atoms with Gasteiger partial charge in [-0.1, -0.05) is 6.92 Å². The molecule has 0 saturated carbocycles. The summed E-state index contributed by atoms with van der Waals surface area (Å²) < 4.78 is 104. The smallest absolute Gasteiger partial charge is 0.416 e. The second-order valence-corrected chi connectivity index (χ2v) is 13.8. The van der Waals surface area contributed by atoms with E-state index in [2.05, 4.69) is 20.3 Å². The molecule has 1 aromatic carbocycles. The average molecular weight is 769 g/mol. The van der Waals surface area contributed by atoms with Gasteiger partial charge in [-0.25, -0.2) is 19.7 Å². The Hall–Kier alpha value is -4.87. The Kier molecular flexibility index (Phi) is 12.1. The quantitative estimate of drug-likeness (QED) is 0.164. The third kappa shape index (κ3) is 10.0. The molecule has 0 spiro atoms. The molecule has 18 heteroatoms. The number of anilines is 3. The van der Waals surface area contributed by atoms with E-state index >= 15 is 0 Å². The second-order valence-electron chi connectivity index (χ2n) is 13.8. The molecule has 1 fully saturated rings. The van der Waals surface area contributed by atoms with Crippen LogP contribution in [0, 0.1) is 0 Å². The van der Waals surface area contributed by atoms with Crippen molar-refractivity contribution in [2.45, 2.75) is 83.4 Å². The first-order valence-electron chi connectivity index (χ1n) is 17.3. The van der Waals surface area contributed by atoms with Gasteiger partial charge in [0.05, 0.1) is 72.9 Å². The Morgan fingerprint density at radius 3 is 2.22 bits per heavy atom. The lowest BCUT2D eigenvalue weighted by Crippen LogP contribution is -2.46. The molecule has 1 saturated heterocycles. The molecular weight excluding hydrogens is 726 g/mol. The van der Waals surface area contributed by atoms with E-state index in [1.165, 1.54) is 18.2 Å². The van der Waals surface area contributed by atoms with Gasteiger partial charge in [-0.3, -0.25) is 9.69 Å². The third-order valence-electron chi connectivity index (χ3n) is 8.69. The fourth-order valence-corrected chi connectivity index (χ4v) is 6.27. The summed E-state index contributed by atoms with van der Waals surface area (Å²) in [5.41, 5.74) is -2.40. The topological polar surface area (TPSA) is 128 Å². The number of ether oxygens (including phenoxy) is 4. The summed E-state index contributed by atoms with van der Waals surface area (Å²) in [4.78, 5) is 42.8. The standard InChI is InChI=1S/C36H42F6N6O6/c1-6-24-19-26(31-27(7-8-29(46-31)51-5)48(24)33(50)53-12-9-30(49)54-34(2,3)4)45-32-43-20-28(47-10-13-52-14-11-47)25(44-32)17-21-15-22(35(37,38)39)18-23(16-21)36(40,41)42/h7-8,15-16,18,20,24,26H,6,9-14,17,19H2,1-5H3,(H,43,44,45)/t24-,26+/m1/s1. The van der Waals surface area contributed by atoms with Gasteiger partial charge in [-0.15, -0.1) is 0 Å². The van der Waals surface area contributed by atoms with Crippen LogP contribution in [0.2, 0.25) is 0 Å². The number of fused-ring (bicyclic) bond motifs is 1. The van der Waals surface area contributed by atoms with Gasteiger partial charge < -0.3 is 29.2 Å². The monoisotopic (exact) mass is 768 g/mol. The summed E-state index contributed by atoms with van der Waals surface area (Å²) in [5.74, 6) is -0.248. The molecule has 12 nitrogen and oxygen atoms in total. The van der Waals surface area contributed by atoms with E-state index in [1.54, 1.807) is 32.9 Å². The number of nitrogens with one attached hydrogen (secondary N) is 1. The minimum absolute atomic E-state index is 0.0360. The number of carbonyl (C=O) groups excluding carboxylic acids is 2. The van der Waals surface area contributed by atoms with Crippen LogP contribution in [0.25, 0.3) is 0 Å². The number of benzene rings is 1. The summed E-state index contributed by atoms with van der Waals surface area (Å²) >= 11 is 0. The highest BCUT2D eigenvalue weighted by atomic mass is 19.4. The molecule has 294 valence electrons. The molecule has 4 heterocycles. The molecule has 2 aromatic heterocycles. The van der Waals surface area contributed by atoms with Crippen LogP contribution in [-0.4, -0.2) is 78.7 Å². The summed E-state index contributed by atoms with van der Waals surface area (Å²) in [5, 5.41) is 3.24. The first kappa shape index (κ1) is 40.3. The molecule has 0 radical (unpaired) electrons. The fourth-order valence-electron chi connectivity index (χ4n) is 6.27. The van der Waals surface area contributed by atoms with Crippen LogP contribution in [0.15, 0.2) is 36.5 Å². The molecule has 3 aromatic rings. The van der Waals surface area contributed by atoms with Gasteiger partial charge in [0.2, 0.25) is 11.8 Å². The Balaban J connectivity index is 1.47. The second kappa shape index (κ2) is 16.2. The minimum Gasteiger partial charge on any atom is -0.481 e. The van der Waals surface area contributed by atoms with Crippen molar-refractivity contribution in [3.05, 3.63) is 64.6 Å². The Labute approximate surface area is 308 Å². The number of nitrogens with zero attached hydrogens (tertiary/aromatic N) is 5. The number of pyridine rings is 1. The number of halogens is 6. The number of methoxy groups -OCH3 is 1. The van der Waals surface area contributed by atoms with E-state index in [0.29, 0.717) is 61.9 Å². The van der Waals surface area contributed by atoms with Crippen molar-refractivity contribution in [1.29, 1.82) is 0 Å². The maximum absolute atomic E-state index is 13.7. The maximum atomic E-state index is 13.7. The van der Waals surface area contributed by atoms with Gasteiger partial charge in [-0.2, -0.15) is 26.3 Å². The molecule has 0 bridgehead atoms. The lowest BCUT2D eigenvalue weighted by Gasteiger charge is -2.39. The van der Waals surface area contributed by atoms with Crippen molar-refractivity contribution in [3.8, 4) is 5.88 Å².